The molecule has 2 rings (SSSR count). The molecular formula is C12H10ClNOS. The van der Waals surface area contributed by atoms with Gasteiger partial charge in [0.1, 0.15) is 10.7 Å². The minimum absolute atomic E-state index is 0.0168. The number of thiazole rings is 1. The van der Waals surface area contributed by atoms with Crippen molar-refractivity contribution in [3.8, 4) is 10.6 Å². The molecule has 0 unspecified atom stereocenters. The van der Waals surface area contributed by atoms with Crippen LogP contribution >= 0.6 is 22.9 Å². The number of aromatic nitrogens is 1. The summed E-state index contributed by atoms with van der Waals surface area (Å²) in [6, 6.07) is 8.06. The zero-order valence-corrected chi connectivity index (χ0v) is 10.3. The van der Waals surface area contributed by atoms with Crippen LogP contribution in [0.2, 0.25) is 0 Å². The third-order valence-corrected chi connectivity index (χ3v) is 3.34. The fraction of sp³-hybridized carbons (Fsp3) is 0.167. The number of hydrogen-bond donors (Lipinski definition) is 0. The van der Waals surface area contributed by atoms with Crippen LogP contribution in [0.1, 0.15) is 16.1 Å². The van der Waals surface area contributed by atoms with Crippen LogP contribution in [0.4, 0.5) is 0 Å². The van der Waals surface area contributed by atoms with Gasteiger partial charge in [0.05, 0.1) is 5.88 Å². The summed E-state index contributed by atoms with van der Waals surface area (Å²) < 4.78 is 0. The van der Waals surface area contributed by atoms with Gasteiger partial charge in [0.25, 0.3) is 0 Å². The third-order valence-electron chi connectivity index (χ3n) is 2.21. The predicted octanol–water partition coefficient (Wildman–Crippen LogP) is 3.54. The molecule has 82 valence electrons. The monoisotopic (exact) mass is 251 g/mol. The quantitative estimate of drug-likeness (QED) is 0.617. The summed E-state index contributed by atoms with van der Waals surface area (Å²) in [5, 5.41) is 2.60. The van der Waals surface area contributed by atoms with Gasteiger partial charge in [-0.25, -0.2) is 4.98 Å². The molecule has 2 aromatic rings. The second kappa shape index (κ2) is 4.76. The number of halogens is 1. The zero-order valence-electron chi connectivity index (χ0n) is 8.74. The Kier molecular flexibility index (Phi) is 3.36. The smallest absolute Gasteiger partial charge is 0.196 e. The number of aryl methyl sites for hydroxylation is 1. The first-order chi connectivity index (χ1) is 7.70. The van der Waals surface area contributed by atoms with Crippen molar-refractivity contribution < 1.29 is 4.79 Å². The van der Waals surface area contributed by atoms with E-state index in [9.17, 15) is 4.79 Å². The molecule has 0 fully saturated rings. The van der Waals surface area contributed by atoms with Gasteiger partial charge in [-0.15, -0.1) is 22.9 Å². The Bertz CT molecular complexity index is 504. The Hall–Kier alpha value is -1.19. The second-order valence-corrected chi connectivity index (χ2v) is 4.59. The lowest BCUT2D eigenvalue weighted by Crippen LogP contribution is -1.99. The molecule has 1 aromatic heterocycles. The Labute approximate surface area is 103 Å². The molecule has 0 N–H and O–H groups in total. The topological polar surface area (TPSA) is 30.0 Å². The number of nitrogens with zero attached hydrogens (tertiary/aromatic N) is 1. The lowest BCUT2D eigenvalue weighted by molar-refractivity contribution is 0.101. The van der Waals surface area contributed by atoms with Crippen LogP contribution < -0.4 is 0 Å². The molecule has 1 aromatic carbocycles. The highest BCUT2D eigenvalue weighted by Gasteiger charge is 2.10. The first-order valence-corrected chi connectivity index (χ1v) is 6.24. The number of carbonyl (C=O) groups excluding carboxylic acids is 1. The third kappa shape index (κ3) is 2.31. The van der Waals surface area contributed by atoms with Gasteiger partial charge in [-0.3, -0.25) is 4.79 Å². The first kappa shape index (κ1) is 11.3. The molecule has 0 saturated carbocycles. The van der Waals surface area contributed by atoms with Crippen molar-refractivity contribution in [2.24, 2.45) is 0 Å². The number of carbonyl (C=O) groups is 1. The summed E-state index contributed by atoms with van der Waals surface area (Å²) in [5.74, 6) is -0.145. The van der Waals surface area contributed by atoms with Crippen LogP contribution in [0, 0.1) is 6.92 Å². The fourth-order valence-electron chi connectivity index (χ4n) is 1.30. The standard InChI is InChI=1S/C12H10ClNOS/c1-8-2-4-9(5-3-8)12-14-10(7-16-12)11(15)6-13/h2-5,7H,6H2,1H3. The predicted molar refractivity (Wildman–Crippen MR) is 67.3 cm³/mol. The minimum atomic E-state index is -0.128. The number of rotatable bonds is 3. The normalized spacial score (nSPS) is 10.4. The number of hydrogen-bond acceptors (Lipinski definition) is 3. The summed E-state index contributed by atoms with van der Waals surface area (Å²) >= 11 is 6.94. The molecule has 2 nitrogen and oxygen atoms in total. The van der Waals surface area contributed by atoms with Gasteiger partial charge >= 0.3 is 0 Å². The number of alkyl halides is 1. The molecule has 0 amide bonds. The highest BCUT2D eigenvalue weighted by atomic mass is 35.5. The molecule has 0 aliphatic rings. The lowest BCUT2D eigenvalue weighted by Gasteiger charge is -1.96. The van der Waals surface area contributed by atoms with E-state index in [0.29, 0.717) is 5.69 Å². The van der Waals surface area contributed by atoms with E-state index < -0.39 is 0 Å². The van der Waals surface area contributed by atoms with Gasteiger partial charge in [-0.05, 0) is 6.92 Å². The summed E-state index contributed by atoms with van der Waals surface area (Å²) in [7, 11) is 0. The van der Waals surface area contributed by atoms with E-state index in [1.807, 2.05) is 31.2 Å². The molecule has 1 heterocycles. The molecule has 0 saturated heterocycles. The summed E-state index contributed by atoms with van der Waals surface area (Å²) in [5.41, 5.74) is 2.69. The molecular weight excluding hydrogens is 242 g/mol. The van der Waals surface area contributed by atoms with E-state index in [2.05, 4.69) is 4.98 Å². The van der Waals surface area contributed by atoms with E-state index in [1.165, 1.54) is 16.9 Å². The van der Waals surface area contributed by atoms with Crippen molar-refractivity contribution in [2.45, 2.75) is 6.92 Å². The van der Waals surface area contributed by atoms with Gasteiger partial charge in [0.15, 0.2) is 5.78 Å². The van der Waals surface area contributed by atoms with Crippen LogP contribution in [-0.2, 0) is 0 Å². The summed E-state index contributed by atoms with van der Waals surface area (Å²) in [6.45, 7) is 2.04. The van der Waals surface area contributed by atoms with Crippen molar-refractivity contribution in [2.75, 3.05) is 5.88 Å². The Balaban J connectivity index is 2.31. The summed E-state index contributed by atoms with van der Waals surface area (Å²) in [6.07, 6.45) is 0. The molecule has 0 radical (unpaired) electrons. The SMILES string of the molecule is Cc1ccc(-c2nc(C(=O)CCl)cs2)cc1. The van der Waals surface area contributed by atoms with Gasteiger partial charge in [0, 0.05) is 10.9 Å². The zero-order chi connectivity index (χ0) is 11.5. The highest BCUT2D eigenvalue weighted by molar-refractivity contribution is 7.13. The maximum atomic E-state index is 11.3. The van der Waals surface area contributed by atoms with E-state index in [1.54, 1.807) is 5.38 Å². The Morgan fingerprint density at radius 3 is 2.69 bits per heavy atom. The molecule has 0 bridgehead atoms. The average molecular weight is 252 g/mol. The molecule has 0 aliphatic heterocycles. The largest absolute Gasteiger partial charge is 0.291 e. The van der Waals surface area contributed by atoms with Gasteiger partial charge in [-0.1, -0.05) is 29.8 Å². The van der Waals surface area contributed by atoms with Gasteiger partial charge < -0.3 is 0 Å². The van der Waals surface area contributed by atoms with Gasteiger partial charge in [0.2, 0.25) is 0 Å². The maximum absolute atomic E-state index is 11.3. The minimum Gasteiger partial charge on any atom is -0.291 e. The Morgan fingerprint density at radius 2 is 2.06 bits per heavy atom. The Morgan fingerprint density at radius 1 is 1.38 bits per heavy atom. The first-order valence-electron chi connectivity index (χ1n) is 4.82. The molecule has 0 aliphatic carbocycles. The molecule has 16 heavy (non-hydrogen) atoms. The molecule has 0 spiro atoms. The van der Waals surface area contributed by atoms with Gasteiger partial charge in [-0.2, -0.15) is 0 Å². The number of ketones is 1. The average Bonchev–Trinajstić information content (AvgIpc) is 2.78. The van der Waals surface area contributed by atoms with Crippen LogP contribution in [0.25, 0.3) is 10.6 Å². The van der Waals surface area contributed by atoms with E-state index >= 15 is 0 Å². The van der Waals surface area contributed by atoms with Crippen molar-refractivity contribution in [3.63, 3.8) is 0 Å². The van der Waals surface area contributed by atoms with Crippen molar-refractivity contribution >= 4 is 28.7 Å². The van der Waals surface area contributed by atoms with E-state index in [4.69, 9.17) is 11.6 Å². The highest BCUT2D eigenvalue weighted by Crippen LogP contribution is 2.24. The van der Waals surface area contributed by atoms with Crippen LogP contribution in [0.3, 0.4) is 0 Å². The second-order valence-electron chi connectivity index (χ2n) is 3.46. The van der Waals surface area contributed by atoms with Crippen LogP contribution in [-0.4, -0.2) is 16.6 Å². The van der Waals surface area contributed by atoms with Crippen LogP contribution in [0.5, 0.6) is 0 Å². The number of Topliss-reactive ketones (excluding diaryl/α,β-unsaturated/α-hetero) is 1. The molecule has 4 heteroatoms. The van der Waals surface area contributed by atoms with Crippen LogP contribution in [0.15, 0.2) is 29.6 Å². The van der Waals surface area contributed by atoms with E-state index in [0.717, 1.165) is 10.6 Å². The molecule has 0 atom stereocenters. The van der Waals surface area contributed by atoms with Crippen molar-refractivity contribution in [1.29, 1.82) is 0 Å². The maximum Gasteiger partial charge on any atom is 0.196 e. The van der Waals surface area contributed by atoms with Crippen molar-refractivity contribution in [3.05, 3.63) is 40.9 Å². The van der Waals surface area contributed by atoms with Crippen molar-refractivity contribution in [1.82, 2.24) is 4.98 Å². The lowest BCUT2D eigenvalue weighted by atomic mass is 10.2. The van der Waals surface area contributed by atoms with E-state index in [-0.39, 0.29) is 11.7 Å². The summed E-state index contributed by atoms with van der Waals surface area (Å²) in [4.78, 5) is 15.6. The fourth-order valence-corrected chi connectivity index (χ4v) is 2.27. The number of benzene rings is 1.